The van der Waals surface area contributed by atoms with Crippen LogP contribution in [0.3, 0.4) is 0 Å². The molecule has 1 heterocycles. The van der Waals surface area contributed by atoms with Gasteiger partial charge in [-0.1, -0.05) is 0 Å². The zero-order valence-corrected chi connectivity index (χ0v) is 13.1. The average Bonchev–Trinajstić information content (AvgIpc) is 3.05. The maximum absolute atomic E-state index is 11.9. The average molecular weight is 302 g/mol. The van der Waals surface area contributed by atoms with E-state index < -0.39 is 10.0 Å². The van der Waals surface area contributed by atoms with Crippen LogP contribution in [0.25, 0.3) is 0 Å². The maximum Gasteiger partial charge on any atom is 0.212 e. The van der Waals surface area contributed by atoms with E-state index in [0.29, 0.717) is 12.5 Å². The van der Waals surface area contributed by atoms with Crippen LogP contribution in [-0.2, 0) is 10.0 Å². The summed E-state index contributed by atoms with van der Waals surface area (Å²) in [6.07, 6.45) is 3.14. The van der Waals surface area contributed by atoms with E-state index >= 15 is 0 Å². The Hall–Kier alpha value is -0.430. The molecule has 0 amide bonds. The van der Waals surface area contributed by atoms with Crippen LogP contribution in [0.1, 0.15) is 42.0 Å². The van der Waals surface area contributed by atoms with Gasteiger partial charge in [0.2, 0.25) is 10.0 Å². The van der Waals surface area contributed by atoms with Gasteiger partial charge in [-0.2, -0.15) is 0 Å². The summed E-state index contributed by atoms with van der Waals surface area (Å²) in [5.41, 5.74) is 0. The summed E-state index contributed by atoms with van der Waals surface area (Å²) >= 11 is 1.64. The first-order chi connectivity index (χ1) is 8.96. The van der Waals surface area contributed by atoms with Crippen LogP contribution < -0.4 is 10.0 Å². The minimum atomic E-state index is -3.18. The van der Waals surface area contributed by atoms with E-state index in [1.54, 1.807) is 11.3 Å². The normalized spacial score (nSPS) is 17.6. The van der Waals surface area contributed by atoms with Crippen molar-refractivity contribution in [1.82, 2.24) is 10.0 Å². The van der Waals surface area contributed by atoms with Crippen molar-refractivity contribution in [3.8, 4) is 0 Å². The van der Waals surface area contributed by atoms with E-state index in [4.69, 9.17) is 0 Å². The van der Waals surface area contributed by atoms with Gasteiger partial charge in [0.1, 0.15) is 0 Å². The summed E-state index contributed by atoms with van der Waals surface area (Å²) in [6, 6.07) is 4.51. The van der Waals surface area contributed by atoms with Crippen LogP contribution in [0.4, 0.5) is 0 Å². The molecule has 1 atom stereocenters. The van der Waals surface area contributed by atoms with Gasteiger partial charge in [0.15, 0.2) is 0 Å². The number of sulfonamides is 1. The summed E-state index contributed by atoms with van der Waals surface area (Å²) in [5, 5.41) is 3.33. The molecule has 1 aromatic rings. The summed E-state index contributed by atoms with van der Waals surface area (Å²) in [6.45, 7) is 4.71. The van der Waals surface area contributed by atoms with E-state index in [9.17, 15) is 8.42 Å². The molecule has 2 N–H and O–H groups in total. The molecule has 0 radical (unpaired) electrons. The van der Waals surface area contributed by atoms with E-state index in [1.807, 2.05) is 26.0 Å². The van der Waals surface area contributed by atoms with Gasteiger partial charge < -0.3 is 5.32 Å². The highest BCUT2D eigenvalue weighted by atomic mass is 32.2. The van der Waals surface area contributed by atoms with Crippen molar-refractivity contribution in [1.29, 1.82) is 0 Å². The fraction of sp³-hybridized carbons (Fsp3) is 0.692. The highest BCUT2D eigenvalue weighted by Gasteiger charge is 2.21. The molecule has 19 heavy (non-hydrogen) atoms. The van der Waals surface area contributed by atoms with Crippen LogP contribution in [0, 0.1) is 6.92 Å². The molecule has 108 valence electrons. The molecule has 1 unspecified atom stereocenters. The van der Waals surface area contributed by atoms with Crippen molar-refractivity contribution >= 4 is 21.4 Å². The molecule has 1 fully saturated rings. The molecule has 0 saturated heterocycles. The lowest BCUT2D eigenvalue weighted by molar-refractivity contribution is 0.562. The molecule has 1 saturated carbocycles. The minimum absolute atomic E-state index is 0.139. The molecule has 1 aliphatic carbocycles. The smallest absolute Gasteiger partial charge is 0.212 e. The second-order valence-electron chi connectivity index (χ2n) is 5.19. The van der Waals surface area contributed by atoms with Gasteiger partial charge in [0, 0.05) is 15.8 Å². The lowest BCUT2D eigenvalue weighted by atomic mass is 10.3. The Balaban J connectivity index is 1.75. The van der Waals surface area contributed by atoms with Gasteiger partial charge in [-0.25, -0.2) is 13.1 Å². The Kier molecular flexibility index (Phi) is 5.00. The minimum Gasteiger partial charge on any atom is -0.314 e. The van der Waals surface area contributed by atoms with Gasteiger partial charge in [-0.3, -0.25) is 0 Å². The molecule has 4 nitrogen and oxygen atoms in total. The number of nitrogens with one attached hydrogen (secondary N) is 2. The molecule has 0 aromatic carbocycles. The molecular formula is C13H22N2O2S2. The Labute approximate surface area is 119 Å². The molecule has 6 heteroatoms. The van der Waals surface area contributed by atoms with Crippen molar-refractivity contribution in [2.24, 2.45) is 0 Å². The van der Waals surface area contributed by atoms with E-state index in [2.05, 4.69) is 10.0 Å². The Morgan fingerprint density at radius 1 is 1.42 bits per heavy atom. The lowest BCUT2D eigenvalue weighted by Gasteiger charge is -2.12. The topological polar surface area (TPSA) is 58.2 Å². The van der Waals surface area contributed by atoms with Crippen LogP contribution in [0.15, 0.2) is 12.1 Å². The Morgan fingerprint density at radius 2 is 2.16 bits per heavy atom. The summed E-state index contributed by atoms with van der Waals surface area (Å²) < 4.78 is 26.6. The lowest BCUT2D eigenvalue weighted by Crippen LogP contribution is -2.30. The molecule has 0 spiro atoms. The van der Waals surface area contributed by atoms with Crippen LogP contribution >= 0.6 is 11.3 Å². The molecule has 1 aromatic heterocycles. The predicted octanol–water partition coefficient (Wildman–Crippen LogP) is 2.18. The first-order valence-electron chi connectivity index (χ1n) is 6.76. The number of rotatable bonds is 8. The van der Waals surface area contributed by atoms with Gasteiger partial charge in [-0.15, -0.1) is 11.3 Å². The molecule has 1 aliphatic rings. The molecular weight excluding hydrogens is 280 g/mol. The summed E-state index contributed by atoms with van der Waals surface area (Å²) in [7, 11) is -3.18. The number of hydrogen-bond donors (Lipinski definition) is 2. The third-order valence-corrected chi connectivity index (χ3v) is 5.87. The molecule has 2 rings (SSSR count). The second-order valence-corrected chi connectivity index (χ2v) is 8.38. The van der Waals surface area contributed by atoms with E-state index in [-0.39, 0.29) is 11.8 Å². The standard InChI is InChI=1S/C13H22N2O2S2/c1-10-4-7-13(18-10)11(2)15-19(16,17)9-3-8-14-12-5-6-12/h4,7,11-12,14-15H,3,5-6,8-9H2,1-2H3. The summed E-state index contributed by atoms with van der Waals surface area (Å²) in [5.74, 6) is 0.196. The van der Waals surface area contributed by atoms with Crippen LogP contribution in [0.5, 0.6) is 0 Å². The first-order valence-corrected chi connectivity index (χ1v) is 9.23. The number of thiophene rings is 1. The van der Waals surface area contributed by atoms with E-state index in [1.165, 1.54) is 17.7 Å². The Morgan fingerprint density at radius 3 is 2.74 bits per heavy atom. The van der Waals surface area contributed by atoms with Crippen LogP contribution in [-0.4, -0.2) is 26.8 Å². The van der Waals surface area contributed by atoms with Gasteiger partial charge >= 0.3 is 0 Å². The van der Waals surface area contributed by atoms with Gasteiger partial charge in [0.25, 0.3) is 0 Å². The van der Waals surface area contributed by atoms with E-state index in [0.717, 1.165) is 11.4 Å². The summed E-state index contributed by atoms with van der Waals surface area (Å²) in [4.78, 5) is 2.27. The first kappa shape index (κ1) is 15.0. The van der Waals surface area contributed by atoms with Crippen molar-refractivity contribution in [2.45, 2.75) is 45.2 Å². The van der Waals surface area contributed by atoms with Gasteiger partial charge in [0.05, 0.1) is 11.8 Å². The molecule has 0 bridgehead atoms. The fourth-order valence-electron chi connectivity index (χ4n) is 1.93. The number of aryl methyl sites for hydroxylation is 1. The second kappa shape index (κ2) is 6.35. The quantitative estimate of drug-likeness (QED) is 0.724. The SMILES string of the molecule is Cc1ccc(C(C)NS(=O)(=O)CCCNC2CC2)s1. The van der Waals surface area contributed by atoms with Gasteiger partial charge in [-0.05, 0) is 51.8 Å². The van der Waals surface area contributed by atoms with Crippen molar-refractivity contribution in [3.05, 3.63) is 21.9 Å². The fourth-order valence-corrected chi connectivity index (χ4v) is 4.19. The predicted molar refractivity (Wildman–Crippen MR) is 80.0 cm³/mol. The molecule has 0 aliphatic heterocycles. The zero-order valence-electron chi connectivity index (χ0n) is 11.5. The van der Waals surface area contributed by atoms with Crippen molar-refractivity contribution in [3.63, 3.8) is 0 Å². The van der Waals surface area contributed by atoms with Crippen LogP contribution in [0.2, 0.25) is 0 Å². The largest absolute Gasteiger partial charge is 0.314 e. The highest BCUT2D eigenvalue weighted by molar-refractivity contribution is 7.89. The number of hydrogen-bond acceptors (Lipinski definition) is 4. The third kappa shape index (κ3) is 5.22. The zero-order chi connectivity index (χ0) is 13.9. The Bertz CT molecular complexity index is 506. The third-order valence-electron chi connectivity index (χ3n) is 3.14. The van der Waals surface area contributed by atoms with Crippen molar-refractivity contribution < 1.29 is 8.42 Å². The maximum atomic E-state index is 11.9. The highest BCUT2D eigenvalue weighted by Crippen LogP contribution is 2.23. The monoisotopic (exact) mass is 302 g/mol. The van der Waals surface area contributed by atoms with Crippen molar-refractivity contribution in [2.75, 3.05) is 12.3 Å².